The zero-order chi connectivity index (χ0) is 11.3. The van der Waals surface area contributed by atoms with E-state index in [-0.39, 0.29) is 11.7 Å². The first-order valence-corrected chi connectivity index (χ1v) is 4.93. The van der Waals surface area contributed by atoms with Crippen LogP contribution in [0.4, 0.5) is 0 Å². The Bertz CT molecular complexity index is 221. The maximum absolute atomic E-state index is 11.2. The van der Waals surface area contributed by atoms with Gasteiger partial charge >= 0.3 is 5.97 Å². The van der Waals surface area contributed by atoms with Gasteiger partial charge in [0.05, 0.1) is 6.04 Å². The number of amides is 1. The second kappa shape index (κ2) is 5.87. The van der Waals surface area contributed by atoms with Gasteiger partial charge in [-0.3, -0.25) is 4.79 Å². The third kappa shape index (κ3) is 3.97. The molecule has 0 fully saturated rings. The molecule has 1 amide bonds. The van der Waals surface area contributed by atoms with E-state index in [1.54, 1.807) is 13.8 Å². The minimum Gasteiger partial charge on any atom is -0.480 e. The van der Waals surface area contributed by atoms with Crippen LogP contribution in [0, 0.1) is 5.92 Å². The highest BCUT2D eigenvalue weighted by Gasteiger charge is 2.25. The Balaban J connectivity index is 4.31. The first-order valence-electron chi connectivity index (χ1n) is 4.29. The van der Waals surface area contributed by atoms with E-state index in [0.29, 0.717) is 0 Å². The summed E-state index contributed by atoms with van der Waals surface area (Å²) in [6.45, 7) is 3.43. The summed E-state index contributed by atoms with van der Waals surface area (Å²) in [6.07, 6.45) is 0. The van der Waals surface area contributed by atoms with E-state index in [9.17, 15) is 9.59 Å². The molecule has 0 aliphatic rings. The molecule has 0 aromatic rings. The van der Waals surface area contributed by atoms with Crippen LogP contribution in [-0.4, -0.2) is 34.8 Å². The Morgan fingerprint density at radius 2 is 2.00 bits per heavy atom. The molecule has 0 aromatic heterocycles. The number of carboxylic acid groups (broad SMARTS) is 1. The van der Waals surface area contributed by atoms with Crippen molar-refractivity contribution in [2.75, 3.05) is 5.75 Å². The standard InChI is InChI=1S/C8H16N2O3S/c1-4(2)6(8(12)13)10-7(11)5(9)3-14/h4-6,14H,3,9H2,1-2H3,(H,10,11)(H,12,13)/t5-,6-/m0/s1. The zero-order valence-electron chi connectivity index (χ0n) is 8.23. The molecule has 0 bridgehead atoms. The summed E-state index contributed by atoms with van der Waals surface area (Å²) in [7, 11) is 0. The highest BCUT2D eigenvalue weighted by molar-refractivity contribution is 7.80. The van der Waals surface area contributed by atoms with E-state index in [0.717, 1.165) is 0 Å². The van der Waals surface area contributed by atoms with E-state index in [1.165, 1.54) is 0 Å². The maximum atomic E-state index is 11.2. The number of hydrogen-bond donors (Lipinski definition) is 4. The van der Waals surface area contributed by atoms with Gasteiger partial charge in [0.2, 0.25) is 5.91 Å². The minimum absolute atomic E-state index is 0.177. The molecule has 0 aliphatic carbocycles. The van der Waals surface area contributed by atoms with Gasteiger partial charge in [-0.25, -0.2) is 4.79 Å². The van der Waals surface area contributed by atoms with Crippen LogP contribution < -0.4 is 11.1 Å². The van der Waals surface area contributed by atoms with E-state index in [2.05, 4.69) is 17.9 Å². The summed E-state index contributed by atoms with van der Waals surface area (Å²) >= 11 is 3.85. The van der Waals surface area contributed by atoms with Crippen LogP contribution in [-0.2, 0) is 9.59 Å². The summed E-state index contributed by atoms with van der Waals surface area (Å²) in [6, 6.07) is -1.66. The average molecular weight is 220 g/mol. The molecule has 0 aromatic carbocycles. The van der Waals surface area contributed by atoms with Crippen LogP contribution >= 0.6 is 12.6 Å². The molecular weight excluding hydrogens is 204 g/mol. The molecule has 14 heavy (non-hydrogen) atoms. The Morgan fingerprint density at radius 1 is 1.50 bits per heavy atom. The number of hydrogen-bond acceptors (Lipinski definition) is 4. The molecule has 0 rings (SSSR count). The Morgan fingerprint density at radius 3 is 2.29 bits per heavy atom. The minimum atomic E-state index is -1.06. The molecular formula is C8H16N2O3S. The molecule has 4 N–H and O–H groups in total. The highest BCUT2D eigenvalue weighted by atomic mass is 32.1. The van der Waals surface area contributed by atoms with Crippen molar-refractivity contribution < 1.29 is 14.7 Å². The van der Waals surface area contributed by atoms with Crippen LogP contribution in [0.2, 0.25) is 0 Å². The van der Waals surface area contributed by atoms with E-state index < -0.39 is 24.0 Å². The van der Waals surface area contributed by atoms with Crippen LogP contribution in [0.3, 0.4) is 0 Å². The summed E-state index contributed by atoms with van der Waals surface area (Å²) in [5.41, 5.74) is 5.38. The third-order valence-corrected chi connectivity index (χ3v) is 2.16. The largest absolute Gasteiger partial charge is 0.480 e. The van der Waals surface area contributed by atoms with Gasteiger partial charge in [0, 0.05) is 5.75 Å². The summed E-state index contributed by atoms with van der Waals surface area (Å²) in [5.74, 6) is -1.53. The van der Waals surface area contributed by atoms with Crippen molar-refractivity contribution in [2.24, 2.45) is 11.7 Å². The molecule has 0 aliphatic heterocycles. The number of aliphatic carboxylic acids is 1. The fourth-order valence-corrected chi connectivity index (χ4v) is 1.02. The predicted octanol–water partition coefficient (Wildman–Crippen LogP) is -0.531. The lowest BCUT2D eigenvalue weighted by Crippen LogP contribution is -2.51. The second-order valence-electron chi connectivity index (χ2n) is 3.36. The molecule has 0 spiro atoms. The van der Waals surface area contributed by atoms with Gasteiger partial charge in [-0.2, -0.15) is 12.6 Å². The van der Waals surface area contributed by atoms with Crippen molar-refractivity contribution in [3.63, 3.8) is 0 Å². The number of nitrogens with one attached hydrogen (secondary N) is 1. The van der Waals surface area contributed by atoms with Gasteiger partial charge in [-0.1, -0.05) is 13.8 Å². The Kier molecular flexibility index (Phi) is 5.56. The average Bonchev–Trinajstić information content (AvgIpc) is 2.11. The van der Waals surface area contributed by atoms with Gasteiger partial charge < -0.3 is 16.2 Å². The normalized spacial score (nSPS) is 14.9. The van der Waals surface area contributed by atoms with Gasteiger partial charge in [-0.05, 0) is 5.92 Å². The highest BCUT2D eigenvalue weighted by Crippen LogP contribution is 2.01. The predicted molar refractivity (Wildman–Crippen MR) is 56.2 cm³/mol. The van der Waals surface area contributed by atoms with Crippen molar-refractivity contribution in [3.05, 3.63) is 0 Å². The smallest absolute Gasteiger partial charge is 0.326 e. The molecule has 2 atom stereocenters. The Hall–Kier alpha value is -0.750. The summed E-state index contributed by atoms with van der Waals surface area (Å²) < 4.78 is 0. The number of carbonyl (C=O) groups is 2. The van der Waals surface area contributed by atoms with Gasteiger partial charge in [0.1, 0.15) is 6.04 Å². The van der Waals surface area contributed by atoms with Crippen molar-refractivity contribution >= 4 is 24.5 Å². The molecule has 0 unspecified atom stereocenters. The van der Waals surface area contributed by atoms with Crippen LogP contribution in [0.15, 0.2) is 0 Å². The van der Waals surface area contributed by atoms with Crippen LogP contribution in [0.5, 0.6) is 0 Å². The Labute approximate surface area is 88.5 Å². The van der Waals surface area contributed by atoms with Crippen molar-refractivity contribution in [2.45, 2.75) is 25.9 Å². The molecule has 82 valence electrons. The van der Waals surface area contributed by atoms with Gasteiger partial charge in [0.15, 0.2) is 0 Å². The topological polar surface area (TPSA) is 92.4 Å². The molecule has 0 saturated heterocycles. The lowest BCUT2D eigenvalue weighted by molar-refractivity contribution is -0.143. The molecule has 6 heteroatoms. The summed E-state index contributed by atoms with van der Waals surface area (Å²) in [5, 5.41) is 11.1. The van der Waals surface area contributed by atoms with Crippen molar-refractivity contribution in [1.29, 1.82) is 0 Å². The summed E-state index contributed by atoms with van der Waals surface area (Å²) in [4.78, 5) is 22.0. The number of carbonyl (C=O) groups excluding carboxylic acids is 1. The second-order valence-corrected chi connectivity index (χ2v) is 3.72. The van der Waals surface area contributed by atoms with Gasteiger partial charge in [0.25, 0.3) is 0 Å². The van der Waals surface area contributed by atoms with Crippen LogP contribution in [0.25, 0.3) is 0 Å². The molecule has 0 radical (unpaired) electrons. The molecule has 0 heterocycles. The third-order valence-electron chi connectivity index (χ3n) is 1.76. The quantitative estimate of drug-likeness (QED) is 0.469. The first kappa shape index (κ1) is 13.2. The first-order chi connectivity index (χ1) is 6.40. The monoisotopic (exact) mass is 220 g/mol. The number of thiol groups is 1. The van der Waals surface area contributed by atoms with E-state index >= 15 is 0 Å². The lowest BCUT2D eigenvalue weighted by Gasteiger charge is -2.19. The number of rotatable bonds is 5. The fourth-order valence-electron chi connectivity index (χ4n) is 0.857. The van der Waals surface area contributed by atoms with E-state index in [1.807, 2.05) is 0 Å². The van der Waals surface area contributed by atoms with E-state index in [4.69, 9.17) is 10.8 Å². The zero-order valence-corrected chi connectivity index (χ0v) is 9.12. The SMILES string of the molecule is CC(C)[C@H](NC(=O)[C@@H](N)CS)C(=O)O. The lowest BCUT2D eigenvalue weighted by atomic mass is 10.0. The molecule has 5 nitrogen and oxygen atoms in total. The fraction of sp³-hybridized carbons (Fsp3) is 0.750. The maximum Gasteiger partial charge on any atom is 0.326 e. The van der Waals surface area contributed by atoms with Crippen molar-refractivity contribution in [3.8, 4) is 0 Å². The molecule has 0 saturated carbocycles. The van der Waals surface area contributed by atoms with Crippen molar-refractivity contribution in [1.82, 2.24) is 5.32 Å². The van der Waals surface area contributed by atoms with Gasteiger partial charge in [-0.15, -0.1) is 0 Å². The number of carboxylic acids is 1. The number of nitrogens with two attached hydrogens (primary N) is 1. The van der Waals surface area contributed by atoms with Crippen LogP contribution in [0.1, 0.15) is 13.8 Å².